The standard InChI is InChI=1S/C41H47F5N10O6/c1-62-15-8-48-26-2-4-29(32(42)17-26)35-31(36(53-52-35)41(44,45)46)16-28-21-49-37(50-28)38(59)51-27-3-5-30(33(43)18-27)40(61)55-11-9-54(10-12-55)39(60)25-6-13-56(14-7-25,23-34(57)58)22-24-19-47-20-24/h2-5,17-18,21,24-25,47H,6-16,19-20,22-23H2,1H3,(H4-,48,49,50,51,52,53,57,58,59,61)/p+1. The van der Waals surface area contributed by atoms with E-state index in [1.165, 1.54) is 36.3 Å². The van der Waals surface area contributed by atoms with Crippen LogP contribution >= 0.6 is 0 Å². The van der Waals surface area contributed by atoms with Crippen LogP contribution in [0.5, 0.6) is 0 Å². The maximum Gasteiger partial charge on any atom is 0.433 e. The molecule has 2 aromatic carbocycles. The summed E-state index contributed by atoms with van der Waals surface area (Å²) in [6, 6.07) is 7.45. The molecule has 0 spiro atoms. The van der Waals surface area contributed by atoms with Crippen molar-refractivity contribution >= 4 is 35.1 Å². The molecule has 7 rings (SSSR count). The number of aromatic amines is 2. The molecule has 0 bridgehead atoms. The molecule has 16 nitrogen and oxygen atoms in total. The van der Waals surface area contributed by atoms with Gasteiger partial charge in [-0.2, -0.15) is 18.3 Å². The maximum atomic E-state index is 15.4. The highest BCUT2D eigenvalue weighted by atomic mass is 19.4. The Kier molecular flexibility index (Phi) is 13.2. The number of anilines is 2. The molecule has 0 radical (unpaired) electrons. The highest BCUT2D eigenvalue weighted by Crippen LogP contribution is 2.37. The van der Waals surface area contributed by atoms with Crippen molar-refractivity contribution in [2.24, 2.45) is 11.8 Å². The van der Waals surface area contributed by atoms with Crippen molar-refractivity contribution in [1.29, 1.82) is 0 Å². The zero-order chi connectivity index (χ0) is 44.2. The Hall–Kier alpha value is -5.93. The number of methoxy groups -OCH3 is 1. The molecule has 2 aromatic heterocycles. The van der Waals surface area contributed by atoms with Gasteiger partial charge in [0.25, 0.3) is 11.8 Å². The second-order valence-electron chi connectivity index (χ2n) is 16.1. The predicted octanol–water partition coefficient (Wildman–Crippen LogP) is 3.81. The fourth-order valence-electron chi connectivity index (χ4n) is 8.46. The third-order valence-corrected chi connectivity index (χ3v) is 11.8. The number of aliphatic carboxylic acids is 1. The number of carbonyl (C=O) groups is 4. The summed E-state index contributed by atoms with van der Waals surface area (Å²) >= 11 is 0. The molecule has 0 saturated carbocycles. The Morgan fingerprint density at radius 3 is 2.29 bits per heavy atom. The van der Waals surface area contributed by atoms with Crippen molar-refractivity contribution in [2.45, 2.75) is 25.4 Å². The summed E-state index contributed by atoms with van der Waals surface area (Å²) in [6.45, 7) is 5.41. The molecule has 3 fully saturated rings. The Morgan fingerprint density at radius 1 is 0.968 bits per heavy atom. The van der Waals surface area contributed by atoms with Crippen molar-refractivity contribution in [3.63, 3.8) is 0 Å². The van der Waals surface area contributed by atoms with Crippen LogP contribution < -0.4 is 16.0 Å². The number of aromatic nitrogens is 4. The number of ether oxygens (including phenoxy) is 1. The van der Waals surface area contributed by atoms with E-state index in [9.17, 15) is 37.5 Å². The molecule has 21 heteroatoms. The third kappa shape index (κ3) is 10.1. The smallest absolute Gasteiger partial charge is 0.433 e. The highest BCUT2D eigenvalue weighted by Gasteiger charge is 2.42. The second-order valence-corrected chi connectivity index (χ2v) is 16.1. The van der Waals surface area contributed by atoms with E-state index in [0.717, 1.165) is 38.0 Å². The van der Waals surface area contributed by atoms with E-state index in [-0.39, 0.29) is 84.1 Å². The highest BCUT2D eigenvalue weighted by molar-refractivity contribution is 6.02. The number of nitrogens with one attached hydrogen (secondary N) is 5. The lowest BCUT2D eigenvalue weighted by atomic mass is 9.90. The normalized spacial score (nSPS) is 19.5. The molecule has 62 heavy (non-hydrogen) atoms. The van der Waals surface area contributed by atoms with E-state index >= 15 is 8.78 Å². The molecule has 4 aromatic rings. The fraction of sp³-hybridized carbons (Fsp3) is 0.463. The van der Waals surface area contributed by atoms with E-state index < -0.39 is 47.7 Å². The third-order valence-electron chi connectivity index (χ3n) is 11.8. The number of hydrogen-bond acceptors (Lipinski definition) is 9. The quantitative estimate of drug-likeness (QED) is 0.0581. The predicted molar refractivity (Wildman–Crippen MR) is 214 cm³/mol. The number of carbonyl (C=O) groups excluding carboxylic acids is 3. The lowest BCUT2D eigenvalue weighted by Crippen LogP contribution is -2.62. The molecular formula is C41H48F5N10O6+. The van der Waals surface area contributed by atoms with Crippen molar-refractivity contribution in [3.8, 4) is 11.3 Å². The van der Waals surface area contributed by atoms with Gasteiger partial charge >= 0.3 is 12.1 Å². The van der Waals surface area contributed by atoms with E-state index in [4.69, 9.17) is 4.74 Å². The second kappa shape index (κ2) is 18.6. The zero-order valence-electron chi connectivity index (χ0n) is 33.9. The van der Waals surface area contributed by atoms with Crippen LogP contribution in [-0.2, 0) is 26.9 Å². The lowest BCUT2D eigenvalue weighted by Gasteiger charge is -2.46. The van der Waals surface area contributed by atoms with E-state index in [1.54, 1.807) is 4.90 Å². The Morgan fingerprint density at radius 2 is 1.66 bits per heavy atom. The largest absolute Gasteiger partial charge is 0.477 e. The number of piperidine rings is 1. The summed E-state index contributed by atoms with van der Waals surface area (Å²) in [5.74, 6) is -4.13. The average Bonchev–Trinajstić information content (AvgIpc) is 3.87. The minimum absolute atomic E-state index is 0.0210. The van der Waals surface area contributed by atoms with Gasteiger partial charge in [-0.15, -0.1) is 0 Å². The van der Waals surface area contributed by atoms with Crippen LogP contribution in [0, 0.1) is 23.5 Å². The van der Waals surface area contributed by atoms with E-state index in [2.05, 4.69) is 31.0 Å². The topological polar surface area (TPSA) is 198 Å². The Bertz CT molecular complexity index is 2280. The van der Waals surface area contributed by atoms with Crippen LogP contribution in [0.25, 0.3) is 11.3 Å². The molecule has 6 N–H and O–H groups in total. The van der Waals surface area contributed by atoms with Gasteiger partial charge in [0, 0.05) is 118 Å². The number of nitrogens with zero attached hydrogens (tertiary/aromatic N) is 5. The van der Waals surface area contributed by atoms with E-state index in [0.29, 0.717) is 55.2 Å². The summed E-state index contributed by atoms with van der Waals surface area (Å²) in [5.41, 5.74) is -1.85. The lowest BCUT2D eigenvalue weighted by molar-refractivity contribution is -0.929. The monoisotopic (exact) mass is 871 g/mol. The number of imidazole rings is 1. The van der Waals surface area contributed by atoms with Crippen LogP contribution in [0.1, 0.15) is 50.8 Å². The van der Waals surface area contributed by atoms with Gasteiger partial charge in [-0.3, -0.25) is 19.5 Å². The van der Waals surface area contributed by atoms with Gasteiger partial charge in [0.05, 0.1) is 37.5 Å². The van der Waals surface area contributed by atoms with Crippen LogP contribution in [-0.4, -0.2) is 149 Å². The first-order valence-corrected chi connectivity index (χ1v) is 20.3. The molecule has 3 saturated heterocycles. The van der Waals surface area contributed by atoms with Gasteiger partial charge in [0.1, 0.15) is 17.3 Å². The average molecular weight is 872 g/mol. The number of carboxylic acids is 1. The minimum atomic E-state index is -4.87. The van der Waals surface area contributed by atoms with Gasteiger partial charge in [0.15, 0.2) is 12.4 Å². The van der Waals surface area contributed by atoms with Crippen molar-refractivity contribution in [3.05, 3.63) is 82.6 Å². The summed E-state index contributed by atoms with van der Waals surface area (Å²) < 4.78 is 78.2. The number of amides is 3. The number of halogens is 5. The van der Waals surface area contributed by atoms with Gasteiger partial charge in [0.2, 0.25) is 5.91 Å². The van der Waals surface area contributed by atoms with Gasteiger partial charge in [-0.1, -0.05) is 0 Å². The van der Waals surface area contributed by atoms with Gasteiger partial charge < -0.3 is 45.1 Å². The SMILES string of the molecule is COCCNc1ccc(-c2n[nH]c(C(F)(F)F)c2Cc2cnc(C(=O)Nc3ccc(C(=O)N4CCN(C(=O)C5CC[N+](CC(=O)O)(CC6CNC6)CC5)CC4)c(F)c3)[nH]2)c(F)c1. The molecule has 3 aliphatic heterocycles. The molecule has 0 aliphatic carbocycles. The van der Waals surface area contributed by atoms with Crippen molar-refractivity contribution in [1.82, 2.24) is 35.3 Å². The number of carboxylic acid groups (broad SMARTS) is 1. The number of likely N-dealkylation sites (tertiary alicyclic amines) is 1. The first-order chi connectivity index (χ1) is 29.6. The van der Waals surface area contributed by atoms with Gasteiger partial charge in [-0.05, 0) is 36.4 Å². The number of piperazine rings is 1. The van der Waals surface area contributed by atoms with Crippen LogP contribution in [0.4, 0.5) is 33.3 Å². The first-order valence-electron chi connectivity index (χ1n) is 20.3. The molecule has 0 atom stereocenters. The summed E-state index contributed by atoms with van der Waals surface area (Å²) in [5, 5.41) is 24.0. The summed E-state index contributed by atoms with van der Waals surface area (Å²) in [6.07, 6.45) is -3.01. The zero-order valence-corrected chi connectivity index (χ0v) is 33.9. The maximum absolute atomic E-state index is 15.4. The molecule has 5 heterocycles. The summed E-state index contributed by atoms with van der Waals surface area (Å²) in [7, 11) is 1.50. The number of quaternary nitrogens is 1. The minimum Gasteiger partial charge on any atom is -0.477 e. The number of benzene rings is 2. The number of hydrogen-bond donors (Lipinski definition) is 6. The van der Waals surface area contributed by atoms with Crippen molar-refractivity contribution < 1.29 is 55.5 Å². The molecular weight excluding hydrogens is 824 g/mol. The molecule has 0 unspecified atom stereocenters. The summed E-state index contributed by atoms with van der Waals surface area (Å²) in [4.78, 5) is 61.4. The molecule has 3 aliphatic rings. The number of rotatable bonds is 15. The van der Waals surface area contributed by atoms with Crippen LogP contribution in [0.3, 0.4) is 0 Å². The van der Waals surface area contributed by atoms with Crippen LogP contribution in [0.2, 0.25) is 0 Å². The number of alkyl halides is 3. The fourth-order valence-corrected chi connectivity index (χ4v) is 8.46. The Labute approximate surface area is 352 Å². The number of H-pyrrole nitrogens is 2. The molecule has 3 amide bonds. The first kappa shape index (κ1) is 44.1. The van der Waals surface area contributed by atoms with Crippen molar-refractivity contribution in [2.75, 3.05) is 96.3 Å². The van der Waals surface area contributed by atoms with E-state index in [1.807, 2.05) is 5.10 Å². The van der Waals surface area contributed by atoms with Crippen LogP contribution in [0.15, 0.2) is 42.6 Å². The molecule has 332 valence electrons. The van der Waals surface area contributed by atoms with Gasteiger partial charge in [-0.25, -0.2) is 18.6 Å². The Balaban J connectivity index is 0.934.